The summed E-state index contributed by atoms with van der Waals surface area (Å²) in [5.41, 5.74) is 0.103. The van der Waals surface area contributed by atoms with E-state index in [1.54, 1.807) is 0 Å². The lowest BCUT2D eigenvalue weighted by atomic mass is 10.2. The summed E-state index contributed by atoms with van der Waals surface area (Å²) in [5.74, 6) is -0.0456. The summed E-state index contributed by atoms with van der Waals surface area (Å²) < 4.78 is 27.7. The molecule has 0 bridgehead atoms. The van der Waals surface area contributed by atoms with Gasteiger partial charge in [-0.1, -0.05) is 15.9 Å². The summed E-state index contributed by atoms with van der Waals surface area (Å²) in [6.45, 7) is 0. The number of ether oxygens (including phenoxy) is 1. The second kappa shape index (κ2) is 4.39. The summed E-state index contributed by atoms with van der Waals surface area (Å²) >= 11 is 3.08. The number of rotatable bonds is 2. The first-order valence-corrected chi connectivity index (χ1v) is 6.72. The van der Waals surface area contributed by atoms with Gasteiger partial charge in [0.15, 0.2) is 5.75 Å². The minimum Gasteiger partial charge on any atom is -0.494 e. The van der Waals surface area contributed by atoms with Crippen LogP contribution in [0.4, 0.5) is 0 Å². The van der Waals surface area contributed by atoms with Gasteiger partial charge in [0.05, 0.1) is 12.7 Å². The fourth-order valence-corrected chi connectivity index (χ4v) is 2.68. The molecular weight excluding hydrogens is 306 g/mol. The largest absolute Gasteiger partial charge is 0.494 e. The van der Waals surface area contributed by atoms with E-state index >= 15 is 0 Å². The van der Waals surface area contributed by atoms with Crippen molar-refractivity contribution in [2.75, 3.05) is 7.11 Å². The second-order valence-corrected chi connectivity index (χ2v) is 5.98. The minimum atomic E-state index is -3.93. The van der Waals surface area contributed by atoms with Gasteiger partial charge in [0, 0.05) is 15.2 Å². The van der Waals surface area contributed by atoms with Crippen LogP contribution >= 0.6 is 26.6 Å². The normalized spacial score (nSPS) is 10.8. The predicted octanol–water partition coefficient (Wildman–Crippen LogP) is 2.26. The number of hydrogen-bond acceptors (Lipinski definition) is 4. The maximum absolute atomic E-state index is 11.2. The van der Waals surface area contributed by atoms with Gasteiger partial charge in [0.2, 0.25) is 0 Å². The number of nitrogens with zero attached hydrogens (tertiary/aromatic N) is 1. The van der Waals surface area contributed by atoms with Gasteiger partial charge in [-0.2, -0.15) is 5.26 Å². The zero-order valence-corrected chi connectivity index (χ0v) is 10.6. The third-order valence-corrected chi connectivity index (χ3v) is 3.39. The van der Waals surface area contributed by atoms with Gasteiger partial charge in [-0.25, -0.2) is 8.42 Å². The first kappa shape index (κ1) is 12.3. The molecule has 0 heterocycles. The van der Waals surface area contributed by atoms with Crippen molar-refractivity contribution in [1.29, 1.82) is 5.26 Å². The highest BCUT2D eigenvalue weighted by molar-refractivity contribution is 9.10. The Hall–Kier alpha value is -0.770. The lowest BCUT2D eigenvalue weighted by molar-refractivity contribution is 0.401. The molecule has 1 rings (SSSR count). The maximum atomic E-state index is 11.2. The average Bonchev–Trinajstić information content (AvgIpc) is 2.15. The molecule has 0 spiro atoms. The van der Waals surface area contributed by atoms with Crippen LogP contribution in [0.5, 0.6) is 5.75 Å². The molecule has 0 unspecified atom stereocenters. The van der Waals surface area contributed by atoms with Gasteiger partial charge in [-0.3, -0.25) is 0 Å². The molecule has 0 saturated heterocycles. The molecule has 0 atom stereocenters. The average molecular weight is 311 g/mol. The van der Waals surface area contributed by atoms with E-state index in [0.717, 1.165) is 0 Å². The molecule has 0 saturated carbocycles. The van der Waals surface area contributed by atoms with E-state index in [9.17, 15) is 8.42 Å². The Balaban J connectivity index is 3.66. The fraction of sp³-hybridized carbons (Fsp3) is 0.125. The van der Waals surface area contributed by atoms with Crippen LogP contribution in [-0.2, 0) is 9.05 Å². The van der Waals surface area contributed by atoms with Crippen LogP contribution in [0.1, 0.15) is 5.56 Å². The lowest BCUT2D eigenvalue weighted by Gasteiger charge is -2.07. The van der Waals surface area contributed by atoms with Gasteiger partial charge in [-0.05, 0) is 12.1 Å². The number of halogens is 2. The highest BCUT2D eigenvalue weighted by atomic mass is 79.9. The van der Waals surface area contributed by atoms with Gasteiger partial charge >= 0.3 is 0 Å². The first-order valence-electron chi connectivity index (χ1n) is 3.62. The Morgan fingerprint density at radius 2 is 2.13 bits per heavy atom. The van der Waals surface area contributed by atoms with Crippen molar-refractivity contribution in [3.63, 3.8) is 0 Å². The van der Waals surface area contributed by atoms with Crippen molar-refractivity contribution in [3.8, 4) is 11.8 Å². The molecule has 1 aromatic rings. The molecule has 4 nitrogen and oxygen atoms in total. The van der Waals surface area contributed by atoms with Crippen LogP contribution in [0.25, 0.3) is 0 Å². The number of benzene rings is 1. The molecule has 0 amide bonds. The van der Waals surface area contributed by atoms with Crippen LogP contribution in [0, 0.1) is 11.3 Å². The van der Waals surface area contributed by atoms with Crippen molar-refractivity contribution < 1.29 is 13.2 Å². The molecule has 0 aromatic heterocycles. The Morgan fingerprint density at radius 1 is 1.53 bits per heavy atom. The number of hydrogen-bond donors (Lipinski definition) is 0. The highest BCUT2D eigenvalue weighted by Gasteiger charge is 2.20. The smallest absolute Gasteiger partial charge is 0.265 e. The Bertz CT molecular complexity index is 536. The SMILES string of the molecule is COc1c(C#N)cc(Br)cc1S(=O)(=O)Cl. The van der Waals surface area contributed by atoms with Crippen molar-refractivity contribution in [2.24, 2.45) is 0 Å². The van der Waals surface area contributed by atoms with Crippen LogP contribution in [-0.4, -0.2) is 15.5 Å². The second-order valence-electron chi connectivity index (χ2n) is 2.53. The first-order chi connectivity index (χ1) is 6.90. The summed E-state index contributed by atoms with van der Waals surface area (Å²) in [4.78, 5) is -0.224. The van der Waals surface area contributed by atoms with Gasteiger partial charge < -0.3 is 4.74 Å². The summed E-state index contributed by atoms with van der Waals surface area (Å²) in [6, 6.07) is 4.55. The van der Waals surface area contributed by atoms with E-state index in [2.05, 4.69) is 15.9 Å². The Kier molecular flexibility index (Phi) is 3.60. The van der Waals surface area contributed by atoms with E-state index in [4.69, 9.17) is 20.7 Å². The standard InChI is InChI=1S/C8H5BrClNO3S/c1-14-8-5(4-11)2-6(9)3-7(8)15(10,12)13/h2-3H,1H3. The third-order valence-electron chi connectivity index (χ3n) is 1.61. The number of nitriles is 1. The summed E-state index contributed by atoms with van der Waals surface area (Å²) in [7, 11) is 2.54. The molecule has 0 aliphatic rings. The van der Waals surface area contributed by atoms with E-state index in [1.165, 1.54) is 19.2 Å². The van der Waals surface area contributed by atoms with Crippen LogP contribution in [0.15, 0.2) is 21.5 Å². The van der Waals surface area contributed by atoms with E-state index in [-0.39, 0.29) is 16.2 Å². The molecule has 0 aliphatic heterocycles. The van der Waals surface area contributed by atoms with Crippen LogP contribution in [0.3, 0.4) is 0 Å². The molecule has 0 aliphatic carbocycles. The lowest BCUT2D eigenvalue weighted by Crippen LogP contribution is -1.98. The molecule has 15 heavy (non-hydrogen) atoms. The van der Waals surface area contributed by atoms with Gasteiger partial charge in [-0.15, -0.1) is 0 Å². The van der Waals surface area contributed by atoms with Crippen LogP contribution in [0.2, 0.25) is 0 Å². The van der Waals surface area contributed by atoms with Crippen LogP contribution < -0.4 is 4.74 Å². The zero-order valence-electron chi connectivity index (χ0n) is 7.49. The molecule has 0 N–H and O–H groups in total. The summed E-state index contributed by atoms with van der Waals surface area (Å²) in [5, 5.41) is 8.78. The fourth-order valence-electron chi connectivity index (χ4n) is 1.04. The number of methoxy groups -OCH3 is 1. The third kappa shape index (κ3) is 2.62. The highest BCUT2D eigenvalue weighted by Crippen LogP contribution is 2.33. The molecule has 7 heteroatoms. The molecule has 0 fully saturated rings. The van der Waals surface area contributed by atoms with Gasteiger partial charge in [0.1, 0.15) is 11.0 Å². The zero-order chi connectivity index (χ0) is 11.6. The Labute approximate surface area is 100.0 Å². The van der Waals surface area contributed by atoms with Crippen molar-refractivity contribution in [1.82, 2.24) is 0 Å². The monoisotopic (exact) mass is 309 g/mol. The van der Waals surface area contributed by atoms with E-state index in [1.807, 2.05) is 6.07 Å². The quantitative estimate of drug-likeness (QED) is 0.786. The van der Waals surface area contributed by atoms with Crippen molar-refractivity contribution >= 4 is 35.7 Å². The Morgan fingerprint density at radius 3 is 2.53 bits per heavy atom. The molecule has 1 aromatic carbocycles. The van der Waals surface area contributed by atoms with Crippen molar-refractivity contribution in [2.45, 2.75) is 4.90 Å². The van der Waals surface area contributed by atoms with Gasteiger partial charge in [0.25, 0.3) is 9.05 Å². The summed E-state index contributed by atoms with van der Waals surface area (Å²) in [6.07, 6.45) is 0. The maximum Gasteiger partial charge on any atom is 0.265 e. The molecule has 80 valence electrons. The van der Waals surface area contributed by atoms with E-state index < -0.39 is 9.05 Å². The topological polar surface area (TPSA) is 67.2 Å². The minimum absolute atomic E-state index is 0.0456. The molecule has 0 radical (unpaired) electrons. The van der Waals surface area contributed by atoms with Crippen molar-refractivity contribution in [3.05, 3.63) is 22.2 Å². The van der Waals surface area contributed by atoms with E-state index in [0.29, 0.717) is 4.47 Å². The predicted molar refractivity (Wildman–Crippen MR) is 58.4 cm³/mol. The molecular formula is C8H5BrClNO3S.